The van der Waals surface area contributed by atoms with Crippen LogP contribution in [0.15, 0.2) is 55.1 Å². The summed E-state index contributed by atoms with van der Waals surface area (Å²) in [7, 11) is 1.06. The van der Waals surface area contributed by atoms with Gasteiger partial charge in [-0.2, -0.15) is 22.0 Å². The van der Waals surface area contributed by atoms with Gasteiger partial charge in [0.1, 0.15) is 11.5 Å². The molecule has 2 aromatic carbocycles. The van der Waals surface area contributed by atoms with Crippen molar-refractivity contribution in [3.05, 3.63) is 66.2 Å². The number of hydrogen-bond acceptors (Lipinski definition) is 4. The molecule has 0 spiro atoms. The van der Waals surface area contributed by atoms with Gasteiger partial charge in [0.05, 0.1) is 18.4 Å². The summed E-state index contributed by atoms with van der Waals surface area (Å²) >= 11 is 0. The Bertz CT molecular complexity index is 994. The number of alkyl halides is 5. The second-order valence-corrected chi connectivity index (χ2v) is 7.84. The summed E-state index contributed by atoms with van der Waals surface area (Å²) in [6, 6.07) is 8.57. The van der Waals surface area contributed by atoms with Crippen LogP contribution < -0.4 is 14.4 Å². The number of rotatable bonds is 9. The Kier molecular flexibility index (Phi) is 6.93. The van der Waals surface area contributed by atoms with Crippen molar-refractivity contribution >= 4 is 5.69 Å². The summed E-state index contributed by atoms with van der Waals surface area (Å²) in [5.74, 6) is -4.22. The number of hydrogen-bond donors (Lipinski definition) is 1. The van der Waals surface area contributed by atoms with E-state index < -0.39 is 40.8 Å². The van der Waals surface area contributed by atoms with Crippen LogP contribution in [-0.4, -0.2) is 30.4 Å². The van der Waals surface area contributed by atoms with Gasteiger partial charge >= 0.3 is 12.1 Å². The van der Waals surface area contributed by atoms with Gasteiger partial charge in [0.25, 0.3) is 0 Å². The second kappa shape index (κ2) is 9.21. The van der Waals surface area contributed by atoms with Crippen LogP contribution in [0.5, 0.6) is 11.5 Å². The monoisotopic (exact) mass is 471 g/mol. The molecule has 1 aliphatic rings. The minimum Gasteiger partial charge on any atom is -0.496 e. The number of nitrogens with zero attached hydrogens (tertiary/aromatic N) is 1. The van der Waals surface area contributed by atoms with Gasteiger partial charge in [-0.25, -0.2) is 0 Å². The number of aliphatic hydroxyl groups is 1. The van der Waals surface area contributed by atoms with E-state index in [0.717, 1.165) is 13.2 Å². The Morgan fingerprint density at radius 2 is 1.88 bits per heavy atom. The number of benzene rings is 2. The fourth-order valence-corrected chi connectivity index (χ4v) is 4.11. The molecule has 33 heavy (non-hydrogen) atoms. The number of ether oxygens (including phenoxy) is 2. The predicted octanol–water partition coefficient (Wildman–Crippen LogP) is 6.35. The van der Waals surface area contributed by atoms with Gasteiger partial charge in [-0.05, 0) is 30.7 Å². The van der Waals surface area contributed by atoms with E-state index in [1.54, 1.807) is 24.3 Å². The number of methoxy groups -OCH3 is 1. The second-order valence-electron chi connectivity index (χ2n) is 7.84. The first-order chi connectivity index (χ1) is 15.5. The maximum atomic E-state index is 16.2. The molecule has 4 nitrogen and oxygen atoms in total. The maximum Gasteiger partial charge on any atom is 0.416 e. The van der Waals surface area contributed by atoms with Gasteiger partial charge in [0.2, 0.25) is 5.72 Å². The first kappa shape index (κ1) is 24.8. The Morgan fingerprint density at radius 1 is 1.18 bits per heavy atom. The summed E-state index contributed by atoms with van der Waals surface area (Å²) < 4.78 is 82.6. The van der Waals surface area contributed by atoms with E-state index in [9.17, 15) is 18.3 Å². The van der Waals surface area contributed by atoms with Gasteiger partial charge in [0.15, 0.2) is 6.10 Å². The van der Waals surface area contributed by atoms with Crippen molar-refractivity contribution in [2.75, 3.05) is 18.6 Å². The Morgan fingerprint density at radius 3 is 2.48 bits per heavy atom. The number of fused-ring (bicyclic) bond motifs is 1. The Balaban J connectivity index is 2.13. The fourth-order valence-electron chi connectivity index (χ4n) is 4.11. The quantitative estimate of drug-likeness (QED) is 0.342. The van der Waals surface area contributed by atoms with Crippen LogP contribution in [0.2, 0.25) is 0 Å². The van der Waals surface area contributed by atoms with Crippen LogP contribution in [0.25, 0.3) is 0 Å². The molecule has 0 aliphatic carbocycles. The van der Waals surface area contributed by atoms with E-state index in [0.29, 0.717) is 30.7 Å². The van der Waals surface area contributed by atoms with E-state index >= 15 is 8.78 Å². The van der Waals surface area contributed by atoms with Crippen molar-refractivity contribution in [3.63, 3.8) is 0 Å². The summed E-state index contributed by atoms with van der Waals surface area (Å²) in [6.07, 6.45) is -4.95. The maximum absolute atomic E-state index is 16.2. The molecule has 180 valence electrons. The number of unbranched alkanes of at least 4 members (excludes halogenated alkanes) is 1. The van der Waals surface area contributed by atoms with Crippen LogP contribution in [0.4, 0.5) is 27.6 Å². The molecule has 3 rings (SSSR count). The van der Waals surface area contributed by atoms with Crippen LogP contribution in [0.3, 0.4) is 0 Å². The van der Waals surface area contributed by atoms with E-state index in [1.165, 1.54) is 11.0 Å². The summed E-state index contributed by atoms with van der Waals surface area (Å²) in [4.78, 5) is 1.35. The number of halogens is 5. The highest BCUT2D eigenvalue weighted by Crippen LogP contribution is 2.55. The molecule has 0 bridgehead atoms. The van der Waals surface area contributed by atoms with Crippen LogP contribution in [0.1, 0.15) is 43.4 Å². The number of para-hydroxylation sites is 2. The van der Waals surface area contributed by atoms with E-state index in [1.807, 2.05) is 6.92 Å². The molecule has 2 aromatic rings. The molecular weight excluding hydrogens is 445 g/mol. The molecule has 0 radical (unpaired) electrons. The molecule has 2 atom stereocenters. The van der Waals surface area contributed by atoms with Crippen LogP contribution in [-0.2, 0) is 6.18 Å². The minimum absolute atomic E-state index is 0.00713. The summed E-state index contributed by atoms with van der Waals surface area (Å²) in [5.41, 5.74) is -3.41. The molecule has 1 heterocycles. The zero-order valence-corrected chi connectivity index (χ0v) is 18.3. The summed E-state index contributed by atoms with van der Waals surface area (Å²) in [6.45, 7) is 5.50. The lowest BCUT2D eigenvalue weighted by Crippen LogP contribution is -2.64. The molecule has 9 heteroatoms. The molecule has 1 aliphatic heterocycles. The lowest BCUT2D eigenvalue weighted by molar-refractivity contribution is -0.219. The third-order valence-corrected chi connectivity index (χ3v) is 5.77. The molecule has 0 saturated carbocycles. The van der Waals surface area contributed by atoms with Gasteiger partial charge in [0, 0.05) is 18.5 Å². The van der Waals surface area contributed by atoms with Gasteiger partial charge in [-0.1, -0.05) is 37.6 Å². The third kappa shape index (κ3) is 4.26. The van der Waals surface area contributed by atoms with Crippen LogP contribution in [0, 0.1) is 0 Å². The zero-order valence-electron chi connectivity index (χ0n) is 18.3. The fraction of sp³-hybridized carbons (Fsp3) is 0.417. The van der Waals surface area contributed by atoms with Crippen LogP contribution >= 0.6 is 0 Å². The lowest BCUT2D eigenvalue weighted by Gasteiger charge is -2.45. The Labute approximate surface area is 189 Å². The first-order valence-corrected chi connectivity index (χ1v) is 10.5. The average Bonchev–Trinajstić information content (AvgIpc) is 3.11. The largest absolute Gasteiger partial charge is 0.496 e. The molecule has 0 saturated heterocycles. The Hall–Kier alpha value is -2.81. The molecule has 1 N–H and O–H groups in total. The third-order valence-electron chi connectivity index (χ3n) is 5.77. The normalized spacial score (nSPS) is 19.1. The molecular formula is C24H26F5NO3. The highest BCUT2D eigenvalue weighted by Gasteiger charge is 2.66. The van der Waals surface area contributed by atoms with E-state index in [2.05, 4.69) is 6.58 Å². The van der Waals surface area contributed by atoms with Crippen molar-refractivity contribution in [3.8, 4) is 11.5 Å². The number of aliphatic hydroxyl groups excluding tert-OH is 1. The highest BCUT2D eigenvalue weighted by molar-refractivity contribution is 5.65. The molecule has 2 unspecified atom stereocenters. The highest BCUT2D eigenvalue weighted by atomic mass is 19.4. The van der Waals surface area contributed by atoms with Crippen molar-refractivity contribution in [2.24, 2.45) is 0 Å². The molecule has 0 aromatic heterocycles. The summed E-state index contributed by atoms with van der Waals surface area (Å²) in [5, 5.41) is 10.9. The molecule has 0 fully saturated rings. The standard InChI is InChI=1S/C24H26F5NO3/c1-4-6-13-22(30(14-5-2)18-9-7-8-10-19(18)33-22)23(25,26)21(31)17-12-11-16(24(27,28)29)15-20(17)32-3/h5,7-12,15,21,31H,2,4,6,13-14H2,1,3H3. The predicted molar refractivity (Wildman–Crippen MR) is 115 cm³/mol. The minimum atomic E-state index is -4.70. The smallest absolute Gasteiger partial charge is 0.416 e. The average molecular weight is 471 g/mol. The van der Waals surface area contributed by atoms with E-state index in [4.69, 9.17) is 9.47 Å². The van der Waals surface area contributed by atoms with E-state index in [-0.39, 0.29) is 18.7 Å². The molecule has 0 amide bonds. The van der Waals surface area contributed by atoms with Crippen molar-refractivity contribution in [1.29, 1.82) is 0 Å². The lowest BCUT2D eigenvalue weighted by atomic mass is 9.88. The van der Waals surface area contributed by atoms with Gasteiger partial charge in [-0.15, -0.1) is 6.58 Å². The van der Waals surface area contributed by atoms with Crippen molar-refractivity contribution in [1.82, 2.24) is 0 Å². The zero-order chi connectivity index (χ0) is 24.4. The van der Waals surface area contributed by atoms with Gasteiger partial charge < -0.3 is 19.5 Å². The van der Waals surface area contributed by atoms with Crippen molar-refractivity contribution in [2.45, 2.75) is 50.1 Å². The SMILES string of the molecule is C=CCN1c2ccccc2OC1(CCCC)C(F)(F)C(O)c1ccc(C(F)(F)F)cc1OC. The van der Waals surface area contributed by atoms with Gasteiger partial charge in [-0.3, -0.25) is 0 Å². The van der Waals surface area contributed by atoms with Crippen molar-refractivity contribution < 1.29 is 36.5 Å². The topological polar surface area (TPSA) is 41.9 Å². The number of anilines is 1. The first-order valence-electron chi connectivity index (χ1n) is 10.5.